The van der Waals surface area contributed by atoms with Gasteiger partial charge in [0.05, 0.1) is 76.7 Å². The zero-order chi connectivity index (χ0) is 36.5. The molecule has 0 fully saturated rings. The van der Waals surface area contributed by atoms with Crippen LogP contribution in [-0.4, -0.2) is 82.7 Å². The van der Waals surface area contributed by atoms with Crippen molar-refractivity contribution in [3.05, 3.63) is 70.8 Å². The van der Waals surface area contributed by atoms with Gasteiger partial charge in [0.1, 0.15) is 23.0 Å². The fourth-order valence-electron chi connectivity index (χ4n) is 5.68. The van der Waals surface area contributed by atoms with Gasteiger partial charge in [-0.05, 0) is 60.4 Å². The Hall–Kier alpha value is -5.78. The lowest BCUT2D eigenvalue weighted by atomic mass is 9.93. The minimum absolute atomic E-state index is 0.0129. The van der Waals surface area contributed by atoms with Crippen molar-refractivity contribution in [2.75, 3.05) is 71.1 Å². The van der Waals surface area contributed by atoms with Crippen molar-refractivity contribution in [1.82, 2.24) is 0 Å². The van der Waals surface area contributed by atoms with Gasteiger partial charge in [0.25, 0.3) is 0 Å². The SMILES string of the molecule is COc1cc(OC)c(-c2cc(C(=O)C(=O)c3cc(OC)c(OC)c(OC)c3)c(OC)cc2OC)cc1CCc1cc(OC)c(OC)c(OC)c1. The van der Waals surface area contributed by atoms with Crippen molar-refractivity contribution in [1.29, 1.82) is 0 Å². The Balaban J connectivity index is 1.82. The highest BCUT2D eigenvalue weighted by atomic mass is 16.5. The molecule has 0 spiro atoms. The summed E-state index contributed by atoms with van der Waals surface area (Å²) in [4.78, 5) is 27.6. The first-order chi connectivity index (χ1) is 24.2. The van der Waals surface area contributed by atoms with Crippen LogP contribution >= 0.6 is 0 Å². The van der Waals surface area contributed by atoms with Crippen LogP contribution in [0.5, 0.6) is 57.5 Å². The summed E-state index contributed by atoms with van der Waals surface area (Å²) in [6.45, 7) is 0. The number of ketones is 2. The molecule has 0 aliphatic heterocycles. The summed E-state index contributed by atoms with van der Waals surface area (Å²) >= 11 is 0. The Kier molecular flexibility index (Phi) is 12.3. The standard InChI is InChI=1S/C38H42O12/c1-41-27-19-28(42-2)24(15-22(27)12-11-21-13-31(45-5)37(49-9)32(14-21)46-6)25-18-26(30(44-4)20-29(25)43-3)36(40)35(39)23-16-33(47-7)38(50-10)34(17-23)48-8/h13-20H,11-12H2,1-10H3. The molecule has 0 aliphatic carbocycles. The molecule has 12 heteroatoms. The van der Waals surface area contributed by atoms with Gasteiger partial charge in [0.15, 0.2) is 23.0 Å². The van der Waals surface area contributed by atoms with Crippen LogP contribution in [0.4, 0.5) is 0 Å². The lowest BCUT2D eigenvalue weighted by Gasteiger charge is -2.19. The number of ether oxygens (including phenoxy) is 10. The topological polar surface area (TPSA) is 126 Å². The van der Waals surface area contributed by atoms with E-state index in [0.717, 1.165) is 11.1 Å². The van der Waals surface area contributed by atoms with Gasteiger partial charge in [-0.3, -0.25) is 9.59 Å². The van der Waals surface area contributed by atoms with Crippen LogP contribution in [0.3, 0.4) is 0 Å². The molecular weight excluding hydrogens is 648 g/mol. The molecular formula is C38H42O12. The highest BCUT2D eigenvalue weighted by Crippen LogP contribution is 2.45. The molecule has 0 heterocycles. The zero-order valence-corrected chi connectivity index (χ0v) is 29.9. The second-order valence-corrected chi connectivity index (χ2v) is 10.7. The molecule has 266 valence electrons. The summed E-state index contributed by atoms with van der Waals surface area (Å²) < 4.78 is 55.6. The number of aryl methyl sites for hydroxylation is 2. The minimum Gasteiger partial charge on any atom is -0.496 e. The summed E-state index contributed by atoms with van der Waals surface area (Å²) in [5.74, 6) is 2.29. The Labute approximate surface area is 291 Å². The van der Waals surface area contributed by atoms with Gasteiger partial charge in [-0.15, -0.1) is 0 Å². The molecule has 50 heavy (non-hydrogen) atoms. The first-order valence-corrected chi connectivity index (χ1v) is 15.4. The maximum absolute atomic E-state index is 13.9. The zero-order valence-electron chi connectivity index (χ0n) is 29.9. The van der Waals surface area contributed by atoms with Crippen molar-refractivity contribution >= 4 is 11.6 Å². The highest BCUT2D eigenvalue weighted by molar-refractivity contribution is 6.50. The van der Waals surface area contributed by atoms with E-state index in [1.807, 2.05) is 18.2 Å². The highest BCUT2D eigenvalue weighted by Gasteiger charge is 2.28. The third kappa shape index (κ3) is 7.29. The molecule has 0 aromatic heterocycles. The third-order valence-corrected chi connectivity index (χ3v) is 8.20. The van der Waals surface area contributed by atoms with Crippen LogP contribution < -0.4 is 47.4 Å². The molecule has 0 radical (unpaired) electrons. The van der Waals surface area contributed by atoms with Crippen LogP contribution in [0, 0.1) is 0 Å². The van der Waals surface area contributed by atoms with Crippen molar-refractivity contribution in [2.24, 2.45) is 0 Å². The van der Waals surface area contributed by atoms with Gasteiger partial charge in [0, 0.05) is 28.8 Å². The van der Waals surface area contributed by atoms with Crippen LogP contribution in [0.15, 0.2) is 48.5 Å². The summed E-state index contributed by atoms with van der Waals surface area (Å²) in [5.41, 5.74) is 2.93. The van der Waals surface area contributed by atoms with Crippen molar-refractivity contribution in [2.45, 2.75) is 12.8 Å². The molecule has 0 bridgehead atoms. The maximum Gasteiger partial charge on any atom is 0.237 e. The van der Waals surface area contributed by atoms with Crippen LogP contribution in [-0.2, 0) is 12.8 Å². The fourth-order valence-corrected chi connectivity index (χ4v) is 5.68. The van der Waals surface area contributed by atoms with E-state index >= 15 is 0 Å². The number of hydrogen-bond donors (Lipinski definition) is 0. The van der Waals surface area contributed by atoms with E-state index in [4.69, 9.17) is 47.4 Å². The van der Waals surface area contributed by atoms with Crippen LogP contribution in [0.1, 0.15) is 31.8 Å². The van der Waals surface area contributed by atoms with Gasteiger partial charge in [-0.25, -0.2) is 0 Å². The average Bonchev–Trinajstić information content (AvgIpc) is 3.17. The van der Waals surface area contributed by atoms with Gasteiger partial charge < -0.3 is 47.4 Å². The Morgan fingerprint density at radius 3 is 1.26 bits per heavy atom. The normalized spacial score (nSPS) is 10.5. The van der Waals surface area contributed by atoms with E-state index in [9.17, 15) is 9.59 Å². The summed E-state index contributed by atoms with van der Waals surface area (Å²) in [5, 5.41) is 0. The second-order valence-electron chi connectivity index (χ2n) is 10.7. The number of carbonyl (C=O) groups is 2. The lowest BCUT2D eigenvalue weighted by molar-refractivity contribution is 0.0814. The molecule has 4 aromatic carbocycles. The summed E-state index contributed by atoms with van der Waals surface area (Å²) in [7, 11) is 15.0. The predicted octanol–water partition coefficient (Wildman–Crippen LogP) is 6.29. The molecule has 0 N–H and O–H groups in total. The van der Waals surface area contributed by atoms with Crippen molar-refractivity contribution in [3.8, 4) is 68.6 Å². The third-order valence-electron chi connectivity index (χ3n) is 8.20. The molecule has 0 aliphatic rings. The fraction of sp³-hybridized carbons (Fsp3) is 0.316. The van der Waals surface area contributed by atoms with E-state index < -0.39 is 11.6 Å². The quantitative estimate of drug-likeness (QED) is 0.0913. The molecule has 4 rings (SSSR count). The monoisotopic (exact) mass is 690 g/mol. The largest absolute Gasteiger partial charge is 0.496 e. The van der Waals surface area contributed by atoms with Crippen LogP contribution in [0.2, 0.25) is 0 Å². The Morgan fingerprint density at radius 2 is 0.820 bits per heavy atom. The second kappa shape index (κ2) is 16.6. The molecule has 0 unspecified atom stereocenters. The first-order valence-electron chi connectivity index (χ1n) is 15.4. The summed E-state index contributed by atoms with van der Waals surface area (Å²) in [6.07, 6.45) is 1.13. The smallest absolute Gasteiger partial charge is 0.237 e. The van der Waals surface area contributed by atoms with E-state index in [2.05, 4.69) is 0 Å². The lowest BCUT2D eigenvalue weighted by Crippen LogP contribution is -2.16. The molecule has 4 aromatic rings. The molecule has 0 atom stereocenters. The maximum atomic E-state index is 13.9. The molecule has 0 amide bonds. The van der Waals surface area contributed by atoms with Gasteiger partial charge in [-0.2, -0.15) is 0 Å². The average molecular weight is 691 g/mol. The number of benzene rings is 4. The minimum atomic E-state index is -0.824. The first kappa shape index (κ1) is 37.0. The number of carbonyl (C=O) groups excluding carboxylic acids is 2. The van der Waals surface area contributed by atoms with Crippen molar-refractivity contribution in [3.63, 3.8) is 0 Å². The summed E-state index contributed by atoms with van der Waals surface area (Å²) in [6, 6.07) is 13.4. The van der Waals surface area contributed by atoms with E-state index in [-0.39, 0.29) is 34.1 Å². The van der Waals surface area contributed by atoms with Crippen molar-refractivity contribution < 1.29 is 57.0 Å². The van der Waals surface area contributed by atoms with E-state index in [0.29, 0.717) is 58.5 Å². The number of Topliss-reactive ketones (excluding diaryl/α,β-unsaturated/α-hetero) is 2. The molecule has 12 nitrogen and oxygen atoms in total. The molecule has 0 saturated heterocycles. The van der Waals surface area contributed by atoms with E-state index in [1.165, 1.54) is 54.8 Å². The van der Waals surface area contributed by atoms with Gasteiger partial charge >= 0.3 is 0 Å². The van der Waals surface area contributed by atoms with Crippen LogP contribution in [0.25, 0.3) is 11.1 Å². The number of hydrogen-bond acceptors (Lipinski definition) is 12. The number of methoxy groups -OCH3 is 10. The number of rotatable bonds is 17. The van der Waals surface area contributed by atoms with Gasteiger partial charge in [0.2, 0.25) is 23.1 Å². The Morgan fingerprint density at radius 1 is 0.400 bits per heavy atom. The molecule has 0 saturated carbocycles. The predicted molar refractivity (Wildman–Crippen MR) is 186 cm³/mol. The van der Waals surface area contributed by atoms with Gasteiger partial charge in [-0.1, -0.05) is 0 Å². The Bertz CT molecular complexity index is 1810. The van der Waals surface area contributed by atoms with E-state index in [1.54, 1.807) is 46.6 Å².